The highest BCUT2D eigenvalue weighted by Crippen LogP contribution is 2.41. The van der Waals surface area contributed by atoms with Crippen LogP contribution in [0.3, 0.4) is 0 Å². The van der Waals surface area contributed by atoms with E-state index >= 15 is 0 Å². The Morgan fingerprint density at radius 2 is 0.821 bits per heavy atom. The summed E-state index contributed by atoms with van der Waals surface area (Å²) in [6, 6.07) is 22.2. The van der Waals surface area contributed by atoms with Gasteiger partial charge >= 0.3 is 0 Å². The van der Waals surface area contributed by atoms with Crippen molar-refractivity contribution in [3.05, 3.63) is 119 Å². The molecule has 4 aromatic carbocycles. The van der Waals surface area contributed by atoms with E-state index in [0.717, 1.165) is 24.0 Å². The minimum atomic E-state index is -4.01. The molecule has 0 bridgehead atoms. The highest BCUT2D eigenvalue weighted by Gasteiger charge is 2.52. The lowest BCUT2D eigenvalue weighted by molar-refractivity contribution is -0.151. The van der Waals surface area contributed by atoms with Crippen LogP contribution in [0.4, 0.5) is 11.4 Å². The number of rotatable bonds is 12. The molecule has 1 aliphatic carbocycles. The molecule has 1 aliphatic rings. The van der Waals surface area contributed by atoms with Crippen LogP contribution in [0, 0.1) is 0 Å². The fourth-order valence-corrected chi connectivity index (χ4v) is 9.55. The number of aryl methyl sites for hydroxylation is 4. The molecule has 0 spiro atoms. The molecule has 0 saturated heterocycles. The smallest absolute Gasteiger partial charge is 0.261 e. The van der Waals surface area contributed by atoms with E-state index in [4.69, 9.17) is 0 Å². The number of aromatic amines is 2. The Morgan fingerprint density at radius 3 is 1.12 bits per heavy atom. The highest BCUT2D eigenvalue weighted by molar-refractivity contribution is 7.93. The SMILES string of the molecule is CCc1ccc(S(=O)(=O)Nc2ccc3[nH]c(CC)c(C4C(=O)C(=O)C(c5c(CC)[nH]c6ccc(NS(=O)(=O)c7ccc(CC)cc7)cc56)C(=O)C4=O)c3c2)cc1. The van der Waals surface area contributed by atoms with Gasteiger partial charge in [-0.2, -0.15) is 0 Å². The molecule has 0 unspecified atom stereocenters. The molecule has 1 saturated carbocycles. The zero-order chi connectivity index (χ0) is 40.1. The number of nitrogens with one attached hydrogen (secondary N) is 4. The van der Waals surface area contributed by atoms with E-state index in [0.29, 0.717) is 46.0 Å². The summed E-state index contributed by atoms with van der Waals surface area (Å²) in [5.41, 5.74) is 4.40. The number of ketones is 4. The van der Waals surface area contributed by atoms with Gasteiger partial charge in [-0.15, -0.1) is 0 Å². The number of Topliss-reactive ketones (excluding diaryl/α,β-unsaturated/α-hetero) is 4. The van der Waals surface area contributed by atoms with Gasteiger partial charge in [0.15, 0.2) is 0 Å². The van der Waals surface area contributed by atoms with Gasteiger partial charge in [0, 0.05) is 44.6 Å². The first-order chi connectivity index (χ1) is 26.7. The highest BCUT2D eigenvalue weighted by atomic mass is 32.2. The molecular formula is C42H40N4O8S2. The number of hydrogen-bond acceptors (Lipinski definition) is 8. The lowest BCUT2D eigenvalue weighted by Crippen LogP contribution is -2.46. The van der Waals surface area contributed by atoms with Crippen molar-refractivity contribution in [1.29, 1.82) is 0 Å². The van der Waals surface area contributed by atoms with Gasteiger partial charge in [0.2, 0.25) is 23.1 Å². The van der Waals surface area contributed by atoms with Crippen LogP contribution < -0.4 is 9.44 Å². The van der Waals surface area contributed by atoms with E-state index in [-0.39, 0.29) is 32.3 Å². The minimum Gasteiger partial charge on any atom is -0.358 e. The van der Waals surface area contributed by atoms with Gasteiger partial charge < -0.3 is 9.97 Å². The molecule has 288 valence electrons. The van der Waals surface area contributed by atoms with Crippen LogP contribution in [0.5, 0.6) is 0 Å². The fourth-order valence-electron chi connectivity index (χ4n) is 7.45. The Labute approximate surface area is 324 Å². The van der Waals surface area contributed by atoms with Gasteiger partial charge in [0.25, 0.3) is 20.0 Å². The van der Waals surface area contributed by atoms with Gasteiger partial charge in [-0.25, -0.2) is 16.8 Å². The maximum atomic E-state index is 14.2. The van der Waals surface area contributed by atoms with Crippen molar-refractivity contribution in [2.75, 3.05) is 9.44 Å². The summed E-state index contributed by atoms with van der Waals surface area (Å²) >= 11 is 0. The van der Waals surface area contributed by atoms with Gasteiger partial charge in [-0.1, -0.05) is 52.0 Å². The average Bonchev–Trinajstić information content (AvgIpc) is 3.74. The Hall–Kier alpha value is -5.86. The van der Waals surface area contributed by atoms with Gasteiger partial charge in [0.05, 0.1) is 9.79 Å². The number of carbonyl (C=O) groups excluding carboxylic acids is 4. The third kappa shape index (κ3) is 6.72. The van der Waals surface area contributed by atoms with Gasteiger partial charge in [-0.3, -0.25) is 28.6 Å². The zero-order valence-corrected chi connectivity index (χ0v) is 32.8. The lowest BCUT2D eigenvalue weighted by Gasteiger charge is -2.25. The van der Waals surface area contributed by atoms with Crippen LogP contribution in [0.25, 0.3) is 21.8 Å². The maximum Gasteiger partial charge on any atom is 0.261 e. The number of carbonyl (C=O) groups is 4. The number of benzene rings is 4. The molecule has 0 aliphatic heterocycles. The van der Waals surface area contributed by atoms with Crippen molar-refractivity contribution >= 4 is 76.4 Å². The second-order valence-corrected chi connectivity index (χ2v) is 17.2. The third-order valence-corrected chi connectivity index (χ3v) is 13.2. The number of anilines is 2. The molecule has 2 heterocycles. The van der Waals surface area contributed by atoms with E-state index in [9.17, 15) is 36.0 Å². The first-order valence-electron chi connectivity index (χ1n) is 18.4. The summed E-state index contributed by atoms with van der Waals surface area (Å²) in [6.07, 6.45) is 2.10. The molecule has 4 N–H and O–H groups in total. The second kappa shape index (κ2) is 14.7. The predicted molar refractivity (Wildman–Crippen MR) is 214 cm³/mol. The minimum absolute atomic E-state index is 0.0492. The molecule has 56 heavy (non-hydrogen) atoms. The molecule has 7 rings (SSSR count). The van der Waals surface area contributed by atoms with Crippen LogP contribution in [0.1, 0.15) is 73.2 Å². The second-order valence-electron chi connectivity index (χ2n) is 13.8. The molecule has 12 nitrogen and oxygen atoms in total. The standard InChI is InChI=1S/C42H40N4O8S2/c1-5-23-9-15-27(16-10-23)55(51,52)45-25-13-19-33-29(21-25)35(31(7-3)43-33)37-39(47)41(49)38(42(50)40(37)48)36-30-22-26(14-20-34(30)44-32(36)8-4)46-56(53,54)28-17-11-24(6-2)12-18-28/h9-22,37-38,43-46H,5-8H2,1-4H3. The fraction of sp³-hybridized carbons (Fsp3) is 0.238. The van der Waals surface area contributed by atoms with Crippen LogP contribution in [0.2, 0.25) is 0 Å². The number of hydrogen-bond donors (Lipinski definition) is 4. The van der Waals surface area contributed by atoms with E-state index < -0.39 is 55.0 Å². The first kappa shape index (κ1) is 38.4. The maximum absolute atomic E-state index is 14.2. The van der Waals surface area contributed by atoms with Crippen LogP contribution in [-0.4, -0.2) is 49.9 Å². The number of fused-ring (bicyclic) bond motifs is 2. The lowest BCUT2D eigenvalue weighted by atomic mass is 9.71. The molecular weight excluding hydrogens is 753 g/mol. The van der Waals surface area contributed by atoms with Gasteiger partial charge in [0.1, 0.15) is 11.8 Å². The topological polar surface area (TPSA) is 192 Å². The van der Waals surface area contributed by atoms with Crippen molar-refractivity contribution in [2.45, 2.75) is 75.0 Å². The van der Waals surface area contributed by atoms with E-state index in [2.05, 4.69) is 19.4 Å². The average molecular weight is 793 g/mol. The van der Waals surface area contributed by atoms with Crippen molar-refractivity contribution in [3.8, 4) is 0 Å². The van der Waals surface area contributed by atoms with Crippen molar-refractivity contribution in [1.82, 2.24) is 9.97 Å². The Morgan fingerprint density at radius 1 is 0.482 bits per heavy atom. The molecule has 6 aromatic rings. The molecule has 0 atom stereocenters. The monoisotopic (exact) mass is 792 g/mol. The van der Waals surface area contributed by atoms with Crippen LogP contribution in [-0.2, 0) is 64.9 Å². The number of H-pyrrole nitrogens is 2. The van der Waals surface area contributed by atoms with Crippen molar-refractivity contribution in [3.63, 3.8) is 0 Å². The van der Waals surface area contributed by atoms with Crippen molar-refractivity contribution < 1.29 is 36.0 Å². The molecule has 2 aromatic heterocycles. The first-order valence-corrected chi connectivity index (χ1v) is 21.4. The molecule has 0 radical (unpaired) electrons. The summed E-state index contributed by atoms with van der Waals surface area (Å²) in [7, 11) is -8.03. The summed E-state index contributed by atoms with van der Waals surface area (Å²) in [5.74, 6) is -7.77. The number of aromatic nitrogens is 2. The molecule has 1 fully saturated rings. The van der Waals surface area contributed by atoms with Gasteiger partial charge in [-0.05, 0) is 109 Å². The van der Waals surface area contributed by atoms with Crippen LogP contribution >= 0.6 is 0 Å². The summed E-state index contributed by atoms with van der Waals surface area (Å²) in [6.45, 7) is 7.49. The predicted octanol–water partition coefficient (Wildman–Crippen LogP) is 6.66. The molecule has 0 amide bonds. The quantitative estimate of drug-likeness (QED) is 0.0781. The summed E-state index contributed by atoms with van der Waals surface area (Å²) < 4.78 is 58.3. The Kier molecular flexibility index (Phi) is 10.1. The third-order valence-electron chi connectivity index (χ3n) is 10.4. The molecule has 14 heteroatoms. The normalized spacial score (nSPS) is 16.6. The van der Waals surface area contributed by atoms with E-state index in [1.165, 1.54) is 48.5 Å². The largest absolute Gasteiger partial charge is 0.358 e. The zero-order valence-electron chi connectivity index (χ0n) is 31.1. The summed E-state index contributed by atoms with van der Waals surface area (Å²) in [4.78, 5) is 63.2. The van der Waals surface area contributed by atoms with E-state index in [1.807, 2.05) is 13.8 Å². The van der Waals surface area contributed by atoms with Crippen molar-refractivity contribution in [2.24, 2.45) is 0 Å². The van der Waals surface area contributed by atoms with Crippen LogP contribution in [0.15, 0.2) is 94.7 Å². The Bertz CT molecular complexity index is 2580. The summed E-state index contributed by atoms with van der Waals surface area (Å²) in [5, 5.41) is 0.633. The Balaban J connectivity index is 1.24. The number of sulfonamides is 2. The van der Waals surface area contributed by atoms with E-state index in [1.54, 1.807) is 50.2 Å².